The lowest BCUT2D eigenvalue weighted by atomic mass is 9.97. The van der Waals surface area contributed by atoms with Crippen molar-refractivity contribution in [3.8, 4) is 5.75 Å². The molecule has 0 fully saturated rings. The zero-order valence-corrected chi connectivity index (χ0v) is 12.6. The van der Waals surface area contributed by atoms with Gasteiger partial charge in [-0.2, -0.15) is 0 Å². The van der Waals surface area contributed by atoms with Crippen LogP contribution in [0.4, 0.5) is 5.69 Å². The summed E-state index contributed by atoms with van der Waals surface area (Å²) in [5.41, 5.74) is 6.86. The number of nitrogens with zero attached hydrogens (tertiary/aromatic N) is 1. The molecule has 108 valence electrons. The fourth-order valence-electron chi connectivity index (χ4n) is 2.06. The smallest absolute Gasteiger partial charge is 0.119 e. The van der Waals surface area contributed by atoms with Crippen LogP contribution < -0.4 is 15.4 Å². The number of hydrogen-bond acceptors (Lipinski definition) is 4. The Bertz CT molecular complexity index is 376. The molecule has 0 heterocycles. The zero-order valence-electron chi connectivity index (χ0n) is 12.6. The van der Waals surface area contributed by atoms with Crippen LogP contribution in [0.3, 0.4) is 0 Å². The van der Waals surface area contributed by atoms with Crippen LogP contribution in [-0.4, -0.2) is 39.5 Å². The molecule has 0 saturated carbocycles. The summed E-state index contributed by atoms with van der Waals surface area (Å²) < 4.78 is 10.7. The number of benzene rings is 1. The van der Waals surface area contributed by atoms with Gasteiger partial charge < -0.3 is 20.1 Å². The molecule has 0 amide bonds. The van der Waals surface area contributed by atoms with Gasteiger partial charge in [0.1, 0.15) is 5.75 Å². The van der Waals surface area contributed by atoms with Crippen LogP contribution in [0.1, 0.15) is 20.3 Å². The standard InChI is InChI=1S/C15H26N2O2/c1-15(2,19-5)10-13(11-16)17(3)12-6-8-14(18-4)9-7-12/h6-9,13H,10-11,16H2,1-5H3. The van der Waals surface area contributed by atoms with Gasteiger partial charge in [0.25, 0.3) is 0 Å². The largest absolute Gasteiger partial charge is 0.497 e. The van der Waals surface area contributed by atoms with E-state index in [9.17, 15) is 0 Å². The van der Waals surface area contributed by atoms with Crippen LogP contribution in [-0.2, 0) is 4.74 Å². The average molecular weight is 266 g/mol. The highest BCUT2D eigenvalue weighted by molar-refractivity contribution is 5.49. The van der Waals surface area contributed by atoms with Crippen molar-refractivity contribution >= 4 is 5.69 Å². The number of likely N-dealkylation sites (N-methyl/N-ethyl adjacent to an activating group) is 1. The van der Waals surface area contributed by atoms with E-state index in [1.165, 1.54) is 0 Å². The summed E-state index contributed by atoms with van der Waals surface area (Å²) in [6.45, 7) is 4.75. The van der Waals surface area contributed by atoms with E-state index >= 15 is 0 Å². The molecule has 19 heavy (non-hydrogen) atoms. The molecule has 4 nitrogen and oxygen atoms in total. The molecule has 0 saturated heterocycles. The van der Waals surface area contributed by atoms with Gasteiger partial charge in [-0.15, -0.1) is 0 Å². The minimum atomic E-state index is -0.176. The first-order valence-electron chi connectivity index (χ1n) is 6.55. The number of nitrogens with two attached hydrogens (primary N) is 1. The van der Waals surface area contributed by atoms with Gasteiger partial charge in [-0.05, 0) is 44.5 Å². The first-order chi connectivity index (χ1) is 8.93. The van der Waals surface area contributed by atoms with Gasteiger partial charge in [-0.1, -0.05) is 0 Å². The van der Waals surface area contributed by atoms with E-state index in [0.717, 1.165) is 17.9 Å². The number of hydrogen-bond donors (Lipinski definition) is 1. The highest BCUT2D eigenvalue weighted by Gasteiger charge is 2.24. The topological polar surface area (TPSA) is 47.7 Å². The molecule has 1 rings (SSSR count). The molecule has 0 aliphatic heterocycles. The summed E-state index contributed by atoms with van der Waals surface area (Å²) in [5, 5.41) is 0. The summed E-state index contributed by atoms with van der Waals surface area (Å²) >= 11 is 0. The Hall–Kier alpha value is -1.26. The Morgan fingerprint density at radius 2 is 1.79 bits per heavy atom. The van der Waals surface area contributed by atoms with E-state index in [0.29, 0.717) is 6.54 Å². The zero-order chi connectivity index (χ0) is 14.5. The molecule has 0 aromatic heterocycles. The highest BCUT2D eigenvalue weighted by atomic mass is 16.5. The van der Waals surface area contributed by atoms with Crippen molar-refractivity contribution in [2.45, 2.75) is 31.9 Å². The van der Waals surface area contributed by atoms with E-state index < -0.39 is 0 Å². The Morgan fingerprint density at radius 1 is 1.21 bits per heavy atom. The second-order valence-corrected chi connectivity index (χ2v) is 5.37. The molecular formula is C15H26N2O2. The van der Waals surface area contributed by atoms with Gasteiger partial charge >= 0.3 is 0 Å². The van der Waals surface area contributed by atoms with E-state index in [4.69, 9.17) is 15.2 Å². The molecule has 1 unspecified atom stereocenters. The quantitative estimate of drug-likeness (QED) is 0.822. The lowest BCUT2D eigenvalue weighted by molar-refractivity contribution is 0.0104. The second-order valence-electron chi connectivity index (χ2n) is 5.37. The fourth-order valence-corrected chi connectivity index (χ4v) is 2.06. The monoisotopic (exact) mass is 266 g/mol. The second kappa shape index (κ2) is 6.78. The minimum Gasteiger partial charge on any atom is -0.497 e. The number of methoxy groups -OCH3 is 2. The summed E-state index contributed by atoms with van der Waals surface area (Å²) in [4.78, 5) is 2.19. The van der Waals surface area contributed by atoms with Crippen LogP contribution in [0.25, 0.3) is 0 Å². The molecule has 1 aromatic carbocycles. The van der Waals surface area contributed by atoms with Gasteiger partial charge in [0.15, 0.2) is 0 Å². The summed E-state index contributed by atoms with van der Waals surface area (Å²) in [5.74, 6) is 0.860. The maximum atomic E-state index is 5.91. The molecule has 1 atom stereocenters. The first-order valence-corrected chi connectivity index (χ1v) is 6.55. The van der Waals surface area contributed by atoms with E-state index in [1.54, 1.807) is 14.2 Å². The number of rotatable bonds is 7. The molecule has 0 aliphatic rings. The van der Waals surface area contributed by atoms with Crippen molar-refractivity contribution in [3.05, 3.63) is 24.3 Å². The molecular weight excluding hydrogens is 240 g/mol. The maximum Gasteiger partial charge on any atom is 0.119 e. The predicted octanol–water partition coefficient (Wildman–Crippen LogP) is 2.27. The lowest BCUT2D eigenvalue weighted by Gasteiger charge is -2.35. The van der Waals surface area contributed by atoms with Crippen molar-refractivity contribution in [1.29, 1.82) is 0 Å². The van der Waals surface area contributed by atoms with Gasteiger partial charge in [-0.3, -0.25) is 0 Å². The number of ether oxygens (including phenoxy) is 2. The normalized spacial score (nSPS) is 13.2. The summed E-state index contributed by atoms with van der Waals surface area (Å²) in [6.07, 6.45) is 0.878. The third-order valence-corrected chi connectivity index (χ3v) is 3.58. The van der Waals surface area contributed by atoms with Gasteiger partial charge in [-0.25, -0.2) is 0 Å². The predicted molar refractivity (Wildman–Crippen MR) is 79.9 cm³/mol. The summed E-state index contributed by atoms with van der Waals surface area (Å²) in [6, 6.07) is 8.24. The van der Waals surface area contributed by atoms with Crippen molar-refractivity contribution in [3.63, 3.8) is 0 Å². The van der Waals surface area contributed by atoms with Crippen LogP contribution in [0.2, 0.25) is 0 Å². The maximum absolute atomic E-state index is 5.91. The van der Waals surface area contributed by atoms with E-state index in [2.05, 4.69) is 25.8 Å². The Balaban J connectivity index is 2.79. The van der Waals surface area contributed by atoms with Crippen molar-refractivity contribution in [2.24, 2.45) is 5.73 Å². The molecule has 4 heteroatoms. The molecule has 0 bridgehead atoms. The molecule has 1 aromatic rings. The van der Waals surface area contributed by atoms with Gasteiger partial charge in [0, 0.05) is 32.4 Å². The third-order valence-electron chi connectivity index (χ3n) is 3.58. The van der Waals surface area contributed by atoms with Crippen molar-refractivity contribution in [2.75, 3.05) is 32.7 Å². The van der Waals surface area contributed by atoms with Gasteiger partial charge in [0.05, 0.1) is 12.7 Å². The molecule has 0 spiro atoms. The van der Waals surface area contributed by atoms with Crippen molar-refractivity contribution < 1.29 is 9.47 Å². The van der Waals surface area contributed by atoms with E-state index in [1.807, 2.05) is 24.3 Å². The highest BCUT2D eigenvalue weighted by Crippen LogP contribution is 2.24. The SMILES string of the molecule is COc1ccc(N(C)C(CN)CC(C)(C)OC)cc1. The number of anilines is 1. The average Bonchev–Trinajstić information content (AvgIpc) is 2.44. The van der Waals surface area contributed by atoms with Gasteiger partial charge in [0.2, 0.25) is 0 Å². The van der Waals surface area contributed by atoms with Crippen LogP contribution >= 0.6 is 0 Å². The lowest BCUT2D eigenvalue weighted by Crippen LogP contribution is -2.43. The fraction of sp³-hybridized carbons (Fsp3) is 0.600. The van der Waals surface area contributed by atoms with E-state index in [-0.39, 0.29) is 11.6 Å². The van der Waals surface area contributed by atoms with Crippen molar-refractivity contribution in [1.82, 2.24) is 0 Å². The molecule has 0 aliphatic carbocycles. The first kappa shape index (κ1) is 15.8. The third kappa shape index (κ3) is 4.40. The Kier molecular flexibility index (Phi) is 5.63. The van der Waals surface area contributed by atoms with Crippen LogP contribution in [0, 0.1) is 0 Å². The van der Waals surface area contributed by atoms with Crippen LogP contribution in [0.15, 0.2) is 24.3 Å². The summed E-state index contributed by atoms with van der Waals surface area (Å²) in [7, 11) is 5.47. The minimum absolute atomic E-state index is 0.176. The Morgan fingerprint density at radius 3 is 2.21 bits per heavy atom. The Labute approximate surface area is 116 Å². The molecule has 0 radical (unpaired) electrons. The van der Waals surface area contributed by atoms with Crippen LogP contribution in [0.5, 0.6) is 5.75 Å². The molecule has 2 N–H and O–H groups in total.